The average molecular weight is 335 g/mol. The summed E-state index contributed by atoms with van der Waals surface area (Å²) < 4.78 is 0. The molecule has 142 valence electrons. The van der Waals surface area contributed by atoms with Gasteiger partial charge in [0.25, 0.3) is 0 Å². The zero-order valence-corrected chi connectivity index (χ0v) is 17.1. The van der Waals surface area contributed by atoms with Crippen LogP contribution in [0.4, 0.5) is 0 Å². The molecule has 0 heterocycles. The van der Waals surface area contributed by atoms with E-state index in [4.69, 9.17) is 0 Å². The highest BCUT2D eigenvalue weighted by molar-refractivity contribution is 4.93. The fraction of sp³-hybridized carbons (Fsp3) is 1.00. The van der Waals surface area contributed by atoms with Gasteiger partial charge in [0, 0.05) is 0 Å². The van der Waals surface area contributed by atoms with Crippen LogP contribution in [0, 0.1) is 17.3 Å². The van der Waals surface area contributed by atoms with Crippen molar-refractivity contribution in [1.82, 2.24) is 0 Å². The molecule has 0 unspecified atom stereocenters. The highest BCUT2D eigenvalue weighted by Crippen LogP contribution is 2.53. The molecule has 0 aromatic heterocycles. The Balaban J connectivity index is 1.88. The minimum atomic E-state index is 0.726. The molecule has 0 aromatic rings. The zero-order valence-electron chi connectivity index (χ0n) is 17.1. The summed E-state index contributed by atoms with van der Waals surface area (Å²) in [5.74, 6) is 2.14. The van der Waals surface area contributed by atoms with E-state index in [2.05, 4.69) is 13.8 Å². The quantitative estimate of drug-likeness (QED) is 0.331. The Kier molecular flexibility index (Phi) is 9.80. The van der Waals surface area contributed by atoms with Crippen molar-refractivity contribution < 1.29 is 0 Å². The van der Waals surface area contributed by atoms with Crippen LogP contribution >= 0.6 is 0 Å². The van der Waals surface area contributed by atoms with E-state index in [-0.39, 0.29) is 0 Å². The minimum Gasteiger partial charge on any atom is -0.0654 e. The maximum atomic E-state index is 2.55. The summed E-state index contributed by atoms with van der Waals surface area (Å²) in [5.41, 5.74) is 0.726. The summed E-state index contributed by atoms with van der Waals surface area (Å²) in [5, 5.41) is 0. The number of hydrogen-bond donors (Lipinski definition) is 0. The lowest BCUT2D eigenvalue weighted by Gasteiger charge is -2.49. The maximum Gasteiger partial charge on any atom is -0.0243 e. The first kappa shape index (κ1) is 20.3. The van der Waals surface area contributed by atoms with Crippen molar-refractivity contribution in [3.63, 3.8) is 0 Å². The van der Waals surface area contributed by atoms with E-state index >= 15 is 0 Å². The Morgan fingerprint density at radius 3 is 1.50 bits per heavy atom. The Morgan fingerprint density at radius 2 is 1.04 bits per heavy atom. The van der Waals surface area contributed by atoms with Gasteiger partial charge in [-0.15, -0.1) is 0 Å². The van der Waals surface area contributed by atoms with Crippen LogP contribution < -0.4 is 0 Å². The topological polar surface area (TPSA) is 0 Å². The number of hydrogen-bond acceptors (Lipinski definition) is 0. The third-order valence-corrected chi connectivity index (χ3v) is 7.74. The van der Waals surface area contributed by atoms with Gasteiger partial charge >= 0.3 is 0 Å². The molecule has 0 heteroatoms. The van der Waals surface area contributed by atoms with Crippen LogP contribution in [-0.4, -0.2) is 0 Å². The summed E-state index contributed by atoms with van der Waals surface area (Å²) in [4.78, 5) is 0. The smallest absolute Gasteiger partial charge is 0.0243 e. The van der Waals surface area contributed by atoms with E-state index in [0.29, 0.717) is 0 Å². The standard InChI is InChI=1S/C24H46/c1-3-5-6-7-8-9-16-21-24(4-2,22-17-12-10-13-18-22)23-19-14-11-15-20-23/h22-23H,3-21H2,1-2H3. The second-order valence-electron chi connectivity index (χ2n) is 9.13. The molecule has 2 saturated carbocycles. The summed E-state index contributed by atoms with van der Waals surface area (Å²) >= 11 is 0. The molecule has 0 saturated heterocycles. The van der Waals surface area contributed by atoms with E-state index in [0.717, 1.165) is 17.3 Å². The summed E-state index contributed by atoms with van der Waals surface area (Å²) in [7, 11) is 0. The molecule has 24 heavy (non-hydrogen) atoms. The lowest BCUT2D eigenvalue weighted by atomic mass is 9.56. The van der Waals surface area contributed by atoms with Gasteiger partial charge in [0.15, 0.2) is 0 Å². The molecule has 0 radical (unpaired) electrons. The van der Waals surface area contributed by atoms with Gasteiger partial charge in [0.1, 0.15) is 0 Å². The van der Waals surface area contributed by atoms with Crippen molar-refractivity contribution in [1.29, 1.82) is 0 Å². The normalized spacial score (nSPS) is 21.2. The monoisotopic (exact) mass is 334 g/mol. The Labute approximate surface area is 153 Å². The van der Waals surface area contributed by atoms with Crippen LogP contribution in [0.2, 0.25) is 0 Å². The molecule has 0 spiro atoms. The molecular weight excluding hydrogens is 288 g/mol. The molecule has 0 bridgehead atoms. The first-order chi connectivity index (χ1) is 11.8. The van der Waals surface area contributed by atoms with Crippen LogP contribution in [0.3, 0.4) is 0 Å². The van der Waals surface area contributed by atoms with Crippen molar-refractivity contribution in [2.75, 3.05) is 0 Å². The molecule has 2 rings (SSSR count). The molecule has 2 aliphatic rings. The molecular formula is C24H46. The Hall–Kier alpha value is 0. The molecule has 2 fully saturated rings. The van der Waals surface area contributed by atoms with Crippen molar-refractivity contribution in [3.8, 4) is 0 Å². The summed E-state index contributed by atoms with van der Waals surface area (Å²) in [6.45, 7) is 4.87. The van der Waals surface area contributed by atoms with E-state index in [1.54, 1.807) is 32.1 Å². The predicted octanol–water partition coefficient (Wildman–Crippen LogP) is 8.68. The van der Waals surface area contributed by atoms with Gasteiger partial charge in [0.2, 0.25) is 0 Å². The first-order valence-corrected chi connectivity index (χ1v) is 11.8. The molecule has 2 aliphatic carbocycles. The highest BCUT2D eigenvalue weighted by atomic mass is 14.5. The van der Waals surface area contributed by atoms with Crippen LogP contribution in [0.5, 0.6) is 0 Å². The van der Waals surface area contributed by atoms with Crippen LogP contribution in [0.1, 0.15) is 136 Å². The Morgan fingerprint density at radius 1 is 0.583 bits per heavy atom. The van der Waals surface area contributed by atoms with Crippen LogP contribution in [0.15, 0.2) is 0 Å². The average Bonchev–Trinajstić information content (AvgIpc) is 2.66. The largest absolute Gasteiger partial charge is 0.0654 e. The van der Waals surface area contributed by atoms with Crippen molar-refractivity contribution in [3.05, 3.63) is 0 Å². The second kappa shape index (κ2) is 11.6. The minimum absolute atomic E-state index is 0.726. The molecule has 0 nitrogen and oxygen atoms in total. The van der Waals surface area contributed by atoms with Gasteiger partial charge in [-0.1, -0.05) is 97.3 Å². The molecule has 0 atom stereocenters. The van der Waals surface area contributed by atoms with E-state index in [1.165, 1.54) is 89.9 Å². The van der Waals surface area contributed by atoms with Crippen LogP contribution in [-0.2, 0) is 0 Å². The summed E-state index contributed by atoms with van der Waals surface area (Å²) in [6.07, 6.45) is 28.7. The second-order valence-corrected chi connectivity index (χ2v) is 9.13. The fourth-order valence-electron chi connectivity index (χ4n) is 6.26. The summed E-state index contributed by atoms with van der Waals surface area (Å²) in [6, 6.07) is 0. The van der Waals surface area contributed by atoms with E-state index in [1.807, 2.05) is 0 Å². The Bertz CT molecular complexity index is 275. The van der Waals surface area contributed by atoms with Gasteiger partial charge < -0.3 is 0 Å². The maximum absolute atomic E-state index is 2.55. The lowest BCUT2D eigenvalue weighted by Crippen LogP contribution is -2.40. The predicted molar refractivity (Wildman–Crippen MR) is 108 cm³/mol. The van der Waals surface area contributed by atoms with Crippen molar-refractivity contribution in [2.45, 2.75) is 136 Å². The number of rotatable bonds is 11. The van der Waals surface area contributed by atoms with Gasteiger partial charge in [-0.25, -0.2) is 0 Å². The molecule has 0 amide bonds. The number of unbranched alkanes of at least 4 members (excludes halogenated alkanes) is 6. The SMILES string of the molecule is CCCCCCCCCC(CC)(C1CCCCC1)C1CCCCC1. The van der Waals surface area contributed by atoms with E-state index in [9.17, 15) is 0 Å². The fourth-order valence-corrected chi connectivity index (χ4v) is 6.26. The van der Waals surface area contributed by atoms with Gasteiger partial charge in [-0.2, -0.15) is 0 Å². The van der Waals surface area contributed by atoms with Crippen molar-refractivity contribution in [2.24, 2.45) is 17.3 Å². The molecule has 0 aromatic carbocycles. The highest BCUT2D eigenvalue weighted by Gasteiger charge is 2.43. The zero-order chi connectivity index (χ0) is 17.1. The van der Waals surface area contributed by atoms with E-state index < -0.39 is 0 Å². The van der Waals surface area contributed by atoms with Crippen molar-refractivity contribution >= 4 is 0 Å². The van der Waals surface area contributed by atoms with Gasteiger partial charge in [-0.05, 0) is 55.8 Å². The first-order valence-electron chi connectivity index (χ1n) is 11.8. The lowest BCUT2D eigenvalue weighted by molar-refractivity contribution is 0.00692. The molecule has 0 N–H and O–H groups in total. The van der Waals surface area contributed by atoms with Gasteiger partial charge in [0.05, 0.1) is 0 Å². The van der Waals surface area contributed by atoms with Gasteiger partial charge in [-0.3, -0.25) is 0 Å². The third-order valence-electron chi connectivity index (χ3n) is 7.74. The van der Waals surface area contributed by atoms with Crippen LogP contribution in [0.25, 0.3) is 0 Å². The molecule has 0 aliphatic heterocycles. The third kappa shape index (κ3) is 5.77.